The van der Waals surface area contributed by atoms with Gasteiger partial charge in [-0.3, -0.25) is 9.89 Å². The molecule has 2 heterocycles. The van der Waals surface area contributed by atoms with Gasteiger partial charge >= 0.3 is 0 Å². The van der Waals surface area contributed by atoms with Crippen LogP contribution in [0, 0.1) is 5.92 Å². The Morgan fingerprint density at radius 2 is 2.14 bits per heavy atom. The number of hydrogen-bond acceptors (Lipinski definition) is 3. The molecule has 1 N–H and O–H groups in total. The highest BCUT2D eigenvalue weighted by Gasteiger charge is 2.26. The molecule has 2 fully saturated rings. The number of guanidine groups is 1. The van der Waals surface area contributed by atoms with Crippen molar-refractivity contribution in [3.8, 4) is 0 Å². The highest BCUT2D eigenvalue weighted by molar-refractivity contribution is 5.80. The first-order valence-electron chi connectivity index (χ1n) is 8.20. The number of nitrogens with zero attached hydrogens (tertiary/aromatic N) is 3. The van der Waals surface area contributed by atoms with E-state index in [1.807, 2.05) is 7.05 Å². The maximum absolute atomic E-state index is 5.42. The third kappa shape index (κ3) is 5.32. The zero-order chi connectivity index (χ0) is 14.9. The fourth-order valence-corrected chi connectivity index (χ4v) is 3.09. The molecule has 21 heavy (non-hydrogen) atoms. The topological polar surface area (TPSA) is 40.1 Å². The molecule has 0 aromatic heterocycles. The van der Waals surface area contributed by atoms with Gasteiger partial charge in [-0.25, -0.2) is 0 Å². The molecule has 0 saturated carbocycles. The molecule has 2 aliphatic rings. The monoisotopic (exact) mass is 294 g/mol. The maximum atomic E-state index is 5.42. The van der Waals surface area contributed by atoms with Crippen molar-refractivity contribution in [1.29, 1.82) is 0 Å². The van der Waals surface area contributed by atoms with E-state index in [2.05, 4.69) is 39.2 Å². The Hall–Kier alpha value is -1.07. The molecule has 0 spiro atoms. The van der Waals surface area contributed by atoms with E-state index < -0.39 is 0 Å². The molecule has 0 aromatic rings. The molecular formula is C16H30N4O. The summed E-state index contributed by atoms with van der Waals surface area (Å²) in [5.74, 6) is 1.82. The van der Waals surface area contributed by atoms with E-state index in [4.69, 9.17) is 4.74 Å². The van der Waals surface area contributed by atoms with E-state index in [9.17, 15) is 0 Å². The number of allylic oxidation sites excluding steroid dienone is 1. The zero-order valence-corrected chi connectivity index (χ0v) is 13.6. The summed E-state index contributed by atoms with van der Waals surface area (Å²) < 4.78 is 5.42. The van der Waals surface area contributed by atoms with Crippen molar-refractivity contribution >= 4 is 5.96 Å². The fourth-order valence-electron chi connectivity index (χ4n) is 3.09. The van der Waals surface area contributed by atoms with Gasteiger partial charge in [-0.15, -0.1) is 0 Å². The van der Waals surface area contributed by atoms with Crippen LogP contribution in [-0.4, -0.2) is 75.3 Å². The molecular weight excluding hydrogens is 264 g/mol. The van der Waals surface area contributed by atoms with Gasteiger partial charge in [0.25, 0.3) is 0 Å². The van der Waals surface area contributed by atoms with Crippen molar-refractivity contribution in [1.82, 2.24) is 15.1 Å². The molecule has 0 aliphatic carbocycles. The van der Waals surface area contributed by atoms with Crippen LogP contribution >= 0.6 is 0 Å². The average Bonchev–Trinajstić information content (AvgIpc) is 2.97. The molecule has 1 unspecified atom stereocenters. The maximum Gasteiger partial charge on any atom is 0.193 e. The van der Waals surface area contributed by atoms with Gasteiger partial charge in [-0.05, 0) is 25.7 Å². The highest BCUT2D eigenvalue weighted by Crippen LogP contribution is 2.18. The third-order valence-electron chi connectivity index (χ3n) is 4.25. The van der Waals surface area contributed by atoms with Crippen LogP contribution in [0.15, 0.2) is 17.1 Å². The van der Waals surface area contributed by atoms with Crippen LogP contribution in [-0.2, 0) is 4.74 Å². The van der Waals surface area contributed by atoms with Crippen molar-refractivity contribution in [3.63, 3.8) is 0 Å². The summed E-state index contributed by atoms with van der Waals surface area (Å²) in [4.78, 5) is 9.37. The minimum absolute atomic E-state index is 0.761. The molecule has 2 rings (SSSR count). The summed E-state index contributed by atoms with van der Waals surface area (Å²) in [6, 6.07) is 0. The Morgan fingerprint density at radius 1 is 1.33 bits per heavy atom. The van der Waals surface area contributed by atoms with Crippen LogP contribution in [0.4, 0.5) is 0 Å². The molecule has 1 atom stereocenters. The molecule has 2 saturated heterocycles. The van der Waals surface area contributed by atoms with Crippen LogP contribution < -0.4 is 5.32 Å². The minimum Gasteiger partial charge on any atom is -0.379 e. The van der Waals surface area contributed by atoms with Crippen LogP contribution in [0.5, 0.6) is 0 Å². The van der Waals surface area contributed by atoms with E-state index in [1.54, 1.807) is 0 Å². The lowest BCUT2D eigenvalue weighted by Gasteiger charge is -2.29. The van der Waals surface area contributed by atoms with Gasteiger partial charge in [0.1, 0.15) is 0 Å². The molecule has 0 amide bonds. The van der Waals surface area contributed by atoms with E-state index >= 15 is 0 Å². The second-order valence-corrected chi connectivity index (χ2v) is 5.85. The van der Waals surface area contributed by atoms with E-state index in [1.165, 1.54) is 13.0 Å². The van der Waals surface area contributed by atoms with Crippen molar-refractivity contribution < 1.29 is 4.74 Å². The lowest BCUT2D eigenvalue weighted by molar-refractivity contribution is 0.0315. The van der Waals surface area contributed by atoms with Crippen LogP contribution in [0.1, 0.15) is 19.8 Å². The van der Waals surface area contributed by atoms with E-state index in [0.717, 1.165) is 64.2 Å². The molecule has 0 aromatic carbocycles. The summed E-state index contributed by atoms with van der Waals surface area (Å²) in [6.07, 6.45) is 6.61. The van der Waals surface area contributed by atoms with Crippen LogP contribution in [0.25, 0.3) is 0 Å². The Morgan fingerprint density at radius 3 is 2.86 bits per heavy atom. The number of likely N-dealkylation sites (tertiary alicyclic amines) is 1. The summed E-state index contributed by atoms with van der Waals surface area (Å²) in [6.45, 7) is 10.4. The Bertz CT molecular complexity index is 350. The van der Waals surface area contributed by atoms with Gasteiger partial charge in [0.2, 0.25) is 0 Å². The van der Waals surface area contributed by atoms with Crippen molar-refractivity contribution in [2.45, 2.75) is 19.8 Å². The summed E-state index contributed by atoms with van der Waals surface area (Å²) in [5, 5.41) is 3.46. The lowest BCUT2D eigenvalue weighted by Crippen LogP contribution is -2.42. The normalized spacial score (nSPS) is 25.0. The molecule has 0 bridgehead atoms. The van der Waals surface area contributed by atoms with E-state index in [0.29, 0.717) is 0 Å². The predicted molar refractivity (Wildman–Crippen MR) is 87.7 cm³/mol. The Balaban J connectivity index is 1.71. The molecule has 5 nitrogen and oxygen atoms in total. The number of morpholine rings is 1. The molecule has 0 radical (unpaired) electrons. The lowest BCUT2D eigenvalue weighted by atomic mass is 10.1. The van der Waals surface area contributed by atoms with Crippen molar-refractivity contribution in [2.24, 2.45) is 10.9 Å². The Kier molecular flexibility index (Phi) is 7.03. The molecule has 120 valence electrons. The number of rotatable bonds is 5. The van der Waals surface area contributed by atoms with Crippen molar-refractivity contribution in [3.05, 3.63) is 12.2 Å². The second kappa shape index (κ2) is 9.05. The first-order valence-corrected chi connectivity index (χ1v) is 8.20. The summed E-state index contributed by atoms with van der Waals surface area (Å²) in [7, 11) is 1.88. The second-order valence-electron chi connectivity index (χ2n) is 5.85. The van der Waals surface area contributed by atoms with E-state index in [-0.39, 0.29) is 0 Å². The number of hydrogen-bond donors (Lipinski definition) is 1. The third-order valence-corrected chi connectivity index (χ3v) is 4.25. The first kappa shape index (κ1) is 16.3. The van der Waals surface area contributed by atoms with Gasteiger partial charge in [-0.2, -0.15) is 0 Å². The zero-order valence-electron chi connectivity index (χ0n) is 13.6. The summed E-state index contributed by atoms with van der Waals surface area (Å²) >= 11 is 0. The smallest absolute Gasteiger partial charge is 0.193 e. The number of nitrogens with one attached hydrogen (secondary N) is 1. The van der Waals surface area contributed by atoms with Gasteiger partial charge in [-0.1, -0.05) is 12.2 Å². The minimum atomic E-state index is 0.761. The number of aliphatic imine (C=N–C) groups is 1. The average molecular weight is 294 g/mol. The summed E-state index contributed by atoms with van der Waals surface area (Å²) in [5.41, 5.74) is 0. The highest BCUT2D eigenvalue weighted by atomic mass is 16.5. The predicted octanol–water partition coefficient (Wildman–Crippen LogP) is 1.18. The number of ether oxygens (including phenoxy) is 1. The molecule has 2 aliphatic heterocycles. The van der Waals surface area contributed by atoms with Gasteiger partial charge in [0.15, 0.2) is 5.96 Å². The SMILES string of the molecule is C/C=C/CCNC(=NC)N1CCC(CN2CCOCC2)C1. The quantitative estimate of drug-likeness (QED) is 0.358. The van der Waals surface area contributed by atoms with Crippen molar-refractivity contribution in [2.75, 3.05) is 59.5 Å². The fraction of sp³-hybridized carbons (Fsp3) is 0.812. The largest absolute Gasteiger partial charge is 0.379 e. The van der Waals surface area contributed by atoms with Gasteiger partial charge in [0.05, 0.1) is 13.2 Å². The van der Waals surface area contributed by atoms with Gasteiger partial charge in [0, 0.05) is 46.3 Å². The first-order chi connectivity index (χ1) is 10.3. The van der Waals surface area contributed by atoms with Gasteiger partial charge < -0.3 is 15.0 Å². The van der Waals surface area contributed by atoms with Crippen LogP contribution in [0.2, 0.25) is 0 Å². The molecule has 5 heteroatoms. The standard InChI is InChI=1S/C16H30N4O/c1-3-4-5-7-18-16(17-2)20-8-6-15(14-20)13-19-9-11-21-12-10-19/h3-4,15H,5-14H2,1-2H3,(H,17,18)/b4-3+. The van der Waals surface area contributed by atoms with Crippen LogP contribution in [0.3, 0.4) is 0 Å². The Labute approximate surface area is 129 Å².